The Morgan fingerprint density at radius 2 is 2.06 bits per heavy atom. The molecule has 1 atom stereocenters. The van der Waals surface area contributed by atoms with Crippen molar-refractivity contribution in [3.05, 3.63) is 35.4 Å². The first-order valence-corrected chi connectivity index (χ1v) is 5.94. The first-order chi connectivity index (χ1) is 7.84. The smallest absolute Gasteiger partial charge is 0.225 e. The molecule has 3 nitrogen and oxygen atoms in total. The van der Waals surface area contributed by atoms with E-state index in [2.05, 4.69) is 5.32 Å². The van der Waals surface area contributed by atoms with E-state index in [1.54, 1.807) is 0 Å². The lowest BCUT2D eigenvalue weighted by molar-refractivity contribution is -0.129. The lowest BCUT2D eigenvalue weighted by Crippen LogP contribution is -2.36. The van der Waals surface area contributed by atoms with Gasteiger partial charge in [0.25, 0.3) is 0 Å². The quantitative estimate of drug-likeness (QED) is 0.843. The van der Waals surface area contributed by atoms with Gasteiger partial charge in [-0.15, -0.1) is 0 Å². The van der Waals surface area contributed by atoms with Gasteiger partial charge in [-0.05, 0) is 18.1 Å². The minimum absolute atomic E-state index is 0.00762. The van der Waals surface area contributed by atoms with Crippen LogP contribution < -0.4 is 11.1 Å². The summed E-state index contributed by atoms with van der Waals surface area (Å²) in [5.41, 5.74) is 7.41. The molecular weight excluding hydrogens is 212 g/mol. The molecule has 1 amide bonds. The number of carbonyl (C=O) groups excluding carboxylic acids is 1. The monoisotopic (exact) mass is 234 g/mol. The second-order valence-corrected chi connectivity index (χ2v) is 5.39. The van der Waals surface area contributed by atoms with E-state index < -0.39 is 0 Å². The van der Waals surface area contributed by atoms with Crippen molar-refractivity contribution in [1.29, 1.82) is 0 Å². The molecule has 0 heterocycles. The summed E-state index contributed by atoms with van der Waals surface area (Å²) in [6, 6.07) is 8.01. The van der Waals surface area contributed by atoms with Crippen LogP contribution in [0.2, 0.25) is 0 Å². The van der Waals surface area contributed by atoms with Gasteiger partial charge in [0.15, 0.2) is 0 Å². The molecule has 0 spiro atoms. The molecular formula is C14H22N2O. The van der Waals surface area contributed by atoms with Crippen LogP contribution in [0.1, 0.15) is 44.9 Å². The van der Waals surface area contributed by atoms with Crippen LogP contribution in [0.5, 0.6) is 0 Å². The minimum Gasteiger partial charge on any atom is -0.349 e. The van der Waals surface area contributed by atoms with E-state index >= 15 is 0 Å². The molecule has 1 rings (SSSR count). The number of amides is 1. The Morgan fingerprint density at radius 1 is 1.41 bits per heavy atom. The fourth-order valence-corrected chi connectivity index (χ4v) is 1.49. The van der Waals surface area contributed by atoms with Crippen LogP contribution in [-0.2, 0) is 11.3 Å². The van der Waals surface area contributed by atoms with Crippen LogP contribution in [0, 0.1) is 5.41 Å². The zero-order valence-electron chi connectivity index (χ0n) is 11.1. The maximum Gasteiger partial charge on any atom is 0.225 e. The molecule has 0 saturated heterocycles. The van der Waals surface area contributed by atoms with Crippen LogP contribution in [0.25, 0.3) is 0 Å². The van der Waals surface area contributed by atoms with E-state index in [-0.39, 0.29) is 17.4 Å². The van der Waals surface area contributed by atoms with E-state index in [9.17, 15) is 4.79 Å². The SMILES string of the molecule is CC(NC(=O)C(C)(C)C)c1cccc(CN)c1. The summed E-state index contributed by atoms with van der Waals surface area (Å²) in [5.74, 6) is 0.0585. The van der Waals surface area contributed by atoms with Gasteiger partial charge in [-0.3, -0.25) is 4.79 Å². The van der Waals surface area contributed by atoms with Crippen molar-refractivity contribution >= 4 is 5.91 Å². The van der Waals surface area contributed by atoms with Gasteiger partial charge in [0.1, 0.15) is 0 Å². The minimum atomic E-state index is -0.361. The third-order valence-corrected chi connectivity index (χ3v) is 2.72. The molecule has 94 valence electrons. The van der Waals surface area contributed by atoms with Crippen molar-refractivity contribution < 1.29 is 4.79 Å². The van der Waals surface area contributed by atoms with Crippen LogP contribution in [0.15, 0.2) is 24.3 Å². The Hall–Kier alpha value is -1.35. The summed E-state index contributed by atoms with van der Waals surface area (Å²) < 4.78 is 0. The van der Waals surface area contributed by atoms with Gasteiger partial charge in [0, 0.05) is 12.0 Å². The van der Waals surface area contributed by atoms with Crippen molar-refractivity contribution in [3.63, 3.8) is 0 Å². The number of benzene rings is 1. The molecule has 1 aromatic rings. The van der Waals surface area contributed by atoms with Crippen LogP contribution in [0.4, 0.5) is 0 Å². The lowest BCUT2D eigenvalue weighted by Gasteiger charge is -2.22. The molecule has 0 aliphatic heterocycles. The molecule has 17 heavy (non-hydrogen) atoms. The van der Waals surface area contributed by atoms with E-state index in [0.29, 0.717) is 6.54 Å². The molecule has 0 fully saturated rings. The van der Waals surface area contributed by atoms with E-state index in [1.807, 2.05) is 52.0 Å². The summed E-state index contributed by atoms with van der Waals surface area (Å²) in [7, 11) is 0. The van der Waals surface area contributed by atoms with E-state index in [0.717, 1.165) is 11.1 Å². The number of nitrogens with two attached hydrogens (primary N) is 1. The van der Waals surface area contributed by atoms with Crippen molar-refractivity contribution in [2.45, 2.75) is 40.3 Å². The number of rotatable bonds is 3. The fraction of sp³-hybridized carbons (Fsp3) is 0.500. The number of nitrogens with one attached hydrogen (secondary N) is 1. The van der Waals surface area contributed by atoms with Gasteiger partial charge >= 0.3 is 0 Å². The molecule has 0 aliphatic carbocycles. The van der Waals surface area contributed by atoms with Crippen molar-refractivity contribution in [1.82, 2.24) is 5.32 Å². The van der Waals surface area contributed by atoms with Gasteiger partial charge in [0.05, 0.1) is 6.04 Å². The largest absolute Gasteiger partial charge is 0.349 e. The van der Waals surface area contributed by atoms with Crippen LogP contribution in [0.3, 0.4) is 0 Å². The predicted molar refractivity (Wildman–Crippen MR) is 70.3 cm³/mol. The molecule has 1 aromatic carbocycles. The predicted octanol–water partition coefficient (Wildman–Crippen LogP) is 2.37. The summed E-state index contributed by atoms with van der Waals surface area (Å²) in [4.78, 5) is 11.9. The second-order valence-electron chi connectivity index (χ2n) is 5.39. The summed E-state index contributed by atoms with van der Waals surface area (Å²) >= 11 is 0. The van der Waals surface area contributed by atoms with Gasteiger partial charge in [-0.1, -0.05) is 45.0 Å². The third kappa shape index (κ3) is 3.86. The van der Waals surface area contributed by atoms with Gasteiger partial charge in [-0.25, -0.2) is 0 Å². The molecule has 0 radical (unpaired) electrons. The van der Waals surface area contributed by atoms with Crippen molar-refractivity contribution in [2.75, 3.05) is 0 Å². The second kappa shape index (κ2) is 5.32. The highest BCUT2D eigenvalue weighted by atomic mass is 16.2. The highest BCUT2D eigenvalue weighted by molar-refractivity contribution is 5.81. The topological polar surface area (TPSA) is 55.1 Å². The molecule has 0 bridgehead atoms. The van der Waals surface area contributed by atoms with Gasteiger partial charge in [-0.2, -0.15) is 0 Å². The first kappa shape index (κ1) is 13.7. The highest BCUT2D eigenvalue weighted by Gasteiger charge is 2.22. The van der Waals surface area contributed by atoms with Crippen molar-refractivity contribution in [3.8, 4) is 0 Å². The Morgan fingerprint density at radius 3 is 2.59 bits per heavy atom. The van der Waals surface area contributed by atoms with Gasteiger partial charge in [0.2, 0.25) is 5.91 Å². The molecule has 0 aliphatic rings. The van der Waals surface area contributed by atoms with E-state index in [4.69, 9.17) is 5.73 Å². The number of hydrogen-bond donors (Lipinski definition) is 2. The van der Waals surface area contributed by atoms with Crippen LogP contribution >= 0.6 is 0 Å². The van der Waals surface area contributed by atoms with Crippen molar-refractivity contribution in [2.24, 2.45) is 11.1 Å². The summed E-state index contributed by atoms with van der Waals surface area (Å²) in [5, 5.41) is 3.01. The number of carbonyl (C=O) groups is 1. The molecule has 1 unspecified atom stereocenters. The van der Waals surface area contributed by atoms with Crippen LogP contribution in [-0.4, -0.2) is 5.91 Å². The third-order valence-electron chi connectivity index (χ3n) is 2.72. The Balaban J connectivity index is 2.76. The molecule has 3 N–H and O–H groups in total. The number of hydrogen-bond acceptors (Lipinski definition) is 2. The molecule has 0 saturated carbocycles. The summed E-state index contributed by atoms with van der Waals surface area (Å²) in [6.07, 6.45) is 0. The van der Waals surface area contributed by atoms with Gasteiger partial charge < -0.3 is 11.1 Å². The lowest BCUT2D eigenvalue weighted by atomic mass is 9.94. The molecule has 0 aromatic heterocycles. The Bertz CT molecular complexity index is 393. The Labute approximate surface area is 103 Å². The Kier molecular flexibility index (Phi) is 4.29. The maximum atomic E-state index is 11.9. The standard InChI is InChI=1S/C14H22N2O/c1-10(16-13(17)14(2,3)4)12-7-5-6-11(8-12)9-15/h5-8,10H,9,15H2,1-4H3,(H,16,17). The highest BCUT2D eigenvalue weighted by Crippen LogP contribution is 2.18. The zero-order chi connectivity index (χ0) is 13.1. The first-order valence-electron chi connectivity index (χ1n) is 5.94. The zero-order valence-corrected chi connectivity index (χ0v) is 11.1. The van der Waals surface area contributed by atoms with E-state index in [1.165, 1.54) is 0 Å². The fourth-order valence-electron chi connectivity index (χ4n) is 1.49. The maximum absolute atomic E-state index is 11.9. The summed E-state index contributed by atoms with van der Waals surface area (Å²) in [6.45, 7) is 8.23. The average molecular weight is 234 g/mol. The normalized spacial score (nSPS) is 13.2. The molecule has 3 heteroatoms. The average Bonchev–Trinajstić information content (AvgIpc) is 2.27.